The zero-order chi connectivity index (χ0) is 28.7. The Hall–Kier alpha value is -4.98. The van der Waals surface area contributed by atoms with Crippen LogP contribution >= 0.6 is 11.8 Å². The first-order valence-corrected chi connectivity index (χ1v) is 14.9. The minimum absolute atomic E-state index is 0.00453. The molecule has 10 heteroatoms. The van der Waals surface area contributed by atoms with Crippen molar-refractivity contribution < 1.29 is 13.2 Å². The second kappa shape index (κ2) is 12.5. The lowest BCUT2D eigenvalue weighted by Crippen LogP contribution is -2.16. The standard InChI is InChI=1S/C31H23N5O3S2/c32-20-27-26(22-9-3-1-4-10-22)19-28(23-11-5-2-6-12-23)35-31(27)40-21-30(37)34-24-14-16-25(17-15-24)41(38,39)36-29-13-7-8-18-33-29/h1-19H,21H2,(H,33,36)(H,34,37). The van der Waals surface area contributed by atoms with Gasteiger partial charge in [-0.1, -0.05) is 78.5 Å². The van der Waals surface area contributed by atoms with Gasteiger partial charge in [-0.05, 0) is 48.0 Å². The molecule has 0 atom stereocenters. The van der Waals surface area contributed by atoms with Gasteiger partial charge in [0.15, 0.2) is 0 Å². The third kappa shape index (κ3) is 6.78. The van der Waals surface area contributed by atoms with Crippen LogP contribution in [0.1, 0.15) is 5.56 Å². The van der Waals surface area contributed by atoms with Gasteiger partial charge in [0.1, 0.15) is 16.9 Å². The van der Waals surface area contributed by atoms with Crippen molar-refractivity contribution in [2.45, 2.75) is 9.92 Å². The Kier molecular flexibility index (Phi) is 8.39. The number of pyridine rings is 2. The summed E-state index contributed by atoms with van der Waals surface area (Å²) < 4.78 is 27.7. The molecule has 0 aliphatic carbocycles. The molecule has 202 valence electrons. The van der Waals surface area contributed by atoms with E-state index in [9.17, 15) is 18.5 Å². The summed E-state index contributed by atoms with van der Waals surface area (Å²) >= 11 is 1.17. The fourth-order valence-electron chi connectivity index (χ4n) is 4.00. The largest absolute Gasteiger partial charge is 0.325 e. The maximum absolute atomic E-state index is 12.8. The van der Waals surface area contributed by atoms with Crippen molar-refractivity contribution >= 4 is 39.2 Å². The highest BCUT2D eigenvalue weighted by Gasteiger charge is 2.18. The van der Waals surface area contributed by atoms with Gasteiger partial charge in [-0.25, -0.2) is 18.4 Å². The predicted octanol–water partition coefficient (Wildman–Crippen LogP) is 6.21. The van der Waals surface area contributed by atoms with Gasteiger partial charge in [-0.2, -0.15) is 5.26 Å². The number of anilines is 2. The summed E-state index contributed by atoms with van der Waals surface area (Å²) in [5.74, 6) is -0.122. The van der Waals surface area contributed by atoms with Crippen molar-refractivity contribution in [1.82, 2.24) is 9.97 Å². The number of rotatable bonds is 9. The number of nitrogens with one attached hydrogen (secondary N) is 2. The molecule has 41 heavy (non-hydrogen) atoms. The van der Waals surface area contributed by atoms with E-state index < -0.39 is 10.0 Å². The minimum atomic E-state index is -3.83. The molecule has 1 amide bonds. The molecule has 2 heterocycles. The molecule has 5 aromatic rings. The van der Waals surface area contributed by atoms with Gasteiger partial charge in [0, 0.05) is 23.0 Å². The van der Waals surface area contributed by atoms with Crippen LogP contribution in [-0.2, 0) is 14.8 Å². The van der Waals surface area contributed by atoms with Gasteiger partial charge >= 0.3 is 0 Å². The molecule has 0 saturated heterocycles. The lowest BCUT2D eigenvalue weighted by atomic mass is 9.99. The number of nitrogens with zero attached hydrogens (tertiary/aromatic N) is 3. The number of aromatic nitrogens is 2. The predicted molar refractivity (Wildman–Crippen MR) is 161 cm³/mol. The van der Waals surface area contributed by atoms with Crippen LogP contribution in [0.2, 0.25) is 0 Å². The highest BCUT2D eigenvalue weighted by Crippen LogP contribution is 2.34. The molecule has 0 fully saturated rings. The number of hydrogen-bond acceptors (Lipinski definition) is 7. The van der Waals surface area contributed by atoms with Crippen LogP contribution in [0.5, 0.6) is 0 Å². The monoisotopic (exact) mass is 577 g/mol. The first kappa shape index (κ1) is 27.6. The van der Waals surface area contributed by atoms with E-state index in [0.717, 1.165) is 16.7 Å². The Balaban J connectivity index is 1.32. The topological polar surface area (TPSA) is 125 Å². The summed E-state index contributed by atoms with van der Waals surface area (Å²) in [5.41, 5.74) is 4.03. The molecule has 0 aliphatic heterocycles. The highest BCUT2D eigenvalue weighted by molar-refractivity contribution is 8.00. The zero-order valence-electron chi connectivity index (χ0n) is 21.6. The van der Waals surface area contributed by atoms with E-state index in [1.165, 1.54) is 42.2 Å². The summed E-state index contributed by atoms with van der Waals surface area (Å²) in [6.07, 6.45) is 1.49. The molecular weight excluding hydrogens is 555 g/mol. The van der Waals surface area contributed by atoms with Crippen LogP contribution in [0.3, 0.4) is 0 Å². The van der Waals surface area contributed by atoms with Crippen molar-refractivity contribution in [3.05, 3.63) is 121 Å². The van der Waals surface area contributed by atoms with Crippen LogP contribution in [0.15, 0.2) is 125 Å². The Labute approximate surface area is 242 Å². The molecular formula is C31H23N5O3S2. The summed E-state index contributed by atoms with van der Waals surface area (Å²) in [5, 5.41) is 13.3. The number of thioether (sulfide) groups is 1. The molecule has 2 aromatic heterocycles. The number of sulfonamides is 1. The van der Waals surface area contributed by atoms with Crippen LogP contribution < -0.4 is 10.0 Å². The van der Waals surface area contributed by atoms with E-state index in [4.69, 9.17) is 4.98 Å². The smallest absolute Gasteiger partial charge is 0.263 e. The van der Waals surface area contributed by atoms with Crippen LogP contribution in [0.25, 0.3) is 22.4 Å². The van der Waals surface area contributed by atoms with E-state index in [0.29, 0.717) is 22.0 Å². The molecule has 0 aliphatic rings. The molecule has 0 unspecified atom stereocenters. The Morgan fingerprint density at radius 1 is 0.854 bits per heavy atom. The Morgan fingerprint density at radius 3 is 2.15 bits per heavy atom. The first-order valence-electron chi connectivity index (χ1n) is 12.5. The third-order valence-corrected chi connectivity index (χ3v) is 8.29. The Morgan fingerprint density at radius 2 is 1.51 bits per heavy atom. The molecule has 0 spiro atoms. The third-order valence-electron chi connectivity index (χ3n) is 5.94. The average Bonchev–Trinajstić information content (AvgIpc) is 3.01. The maximum atomic E-state index is 12.8. The lowest BCUT2D eigenvalue weighted by molar-refractivity contribution is -0.113. The number of benzene rings is 3. The normalized spacial score (nSPS) is 10.9. The van der Waals surface area contributed by atoms with Crippen LogP contribution in [0, 0.1) is 11.3 Å². The first-order chi connectivity index (χ1) is 19.9. The van der Waals surface area contributed by atoms with Gasteiger partial charge in [-0.3, -0.25) is 9.52 Å². The van der Waals surface area contributed by atoms with Crippen molar-refractivity contribution in [3.8, 4) is 28.5 Å². The van der Waals surface area contributed by atoms with Gasteiger partial charge in [0.2, 0.25) is 5.91 Å². The van der Waals surface area contributed by atoms with E-state index >= 15 is 0 Å². The van der Waals surface area contributed by atoms with Crippen molar-refractivity contribution in [1.29, 1.82) is 5.26 Å². The Bertz CT molecular complexity index is 1810. The molecule has 0 radical (unpaired) electrons. The number of amides is 1. The number of nitriles is 1. The highest BCUT2D eigenvalue weighted by atomic mass is 32.2. The molecule has 8 nitrogen and oxygen atoms in total. The van der Waals surface area contributed by atoms with Crippen molar-refractivity contribution in [2.75, 3.05) is 15.8 Å². The average molecular weight is 578 g/mol. The second-order valence-corrected chi connectivity index (χ2v) is 11.4. The summed E-state index contributed by atoms with van der Waals surface area (Å²) in [7, 11) is -3.83. The SMILES string of the molecule is N#Cc1c(-c2ccccc2)cc(-c2ccccc2)nc1SCC(=O)Nc1ccc(S(=O)(=O)Nc2ccccn2)cc1. The summed E-state index contributed by atoms with van der Waals surface area (Å²) in [6, 6.07) is 34.1. The molecule has 2 N–H and O–H groups in total. The second-order valence-electron chi connectivity index (χ2n) is 8.76. The summed E-state index contributed by atoms with van der Waals surface area (Å²) in [6.45, 7) is 0. The quantitative estimate of drug-likeness (QED) is 0.199. The zero-order valence-corrected chi connectivity index (χ0v) is 23.2. The van der Waals surface area contributed by atoms with Gasteiger partial charge in [-0.15, -0.1) is 0 Å². The van der Waals surface area contributed by atoms with E-state index in [1.807, 2.05) is 66.7 Å². The van der Waals surface area contributed by atoms with Crippen LogP contribution in [-0.4, -0.2) is 30.0 Å². The number of carbonyl (C=O) groups excluding carboxylic acids is 1. The van der Waals surface area contributed by atoms with Crippen LogP contribution in [0.4, 0.5) is 11.5 Å². The lowest BCUT2D eigenvalue weighted by Gasteiger charge is -2.13. The number of hydrogen-bond donors (Lipinski definition) is 2. The molecule has 3 aromatic carbocycles. The van der Waals surface area contributed by atoms with E-state index in [1.54, 1.807) is 18.2 Å². The van der Waals surface area contributed by atoms with Gasteiger partial charge in [0.25, 0.3) is 10.0 Å². The minimum Gasteiger partial charge on any atom is -0.325 e. The van der Waals surface area contributed by atoms with E-state index in [-0.39, 0.29) is 22.4 Å². The fourth-order valence-corrected chi connectivity index (χ4v) is 5.82. The molecule has 0 saturated carbocycles. The van der Waals surface area contributed by atoms with Crippen molar-refractivity contribution in [3.63, 3.8) is 0 Å². The maximum Gasteiger partial charge on any atom is 0.263 e. The van der Waals surface area contributed by atoms with E-state index in [2.05, 4.69) is 21.1 Å². The number of carbonyl (C=O) groups is 1. The fraction of sp³-hybridized carbons (Fsp3) is 0.0323. The summed E-state index contributed by atoms with van der Waals surface area (Å²) in [4.78, 5) is 21.6. The molecule has 5 rings (SSSR count). The van der Waals surface area contributed by atoms with Gasteiger partial charge < -0.3 is 5.32 Å². The molecule has 0 bridgehead atoms. The van der Waals surface area contributed by atoms with Gasteiger partial charge in [0.05, 0.1) is 21.9 Å². The van der Waals surface area contributed by atoms with Crippen molar-refractivity contribution in [2.24, 2.45) is 0 Å².